The minimum atomic E-state index is -4.44. The summed E-state index contributed by atoms with van der Waals surface area (Å²) in [6, 6.07) is 12.4. The third-order valence-corrected chi connectivity index (χ3v) is 4.38. The highest BCUT2D eigenvalue weighted by atomic mass is 127. The van der Waals surface area contributed by atoms with Crippen molar-refractivity contribution >= 4 is 32.7 Å². The molecule has 2 aromatic rings. The molecule has 0 amide bonds. The maximum Gasteiger partial charge on any atom is 0.124 e. The summed E-state index contributed by atoms with van der Waals surface area (Å²) in [5.74, 6) is -0.572. The maximum absolute atomic E-state index is 12.2. The van der Waals surface area contributed by atoms with Gasteiger partial charge in [-0.15, -0.1) is 0 Å². The van der Waals surface area contributed by atoms with E-state index >= 15 is 0 Å². The molecule has 0 aromatic heterocycles. The molecule has 0 spiro atoms. The smallest absolute Gasteiger partial charge is 0.124 e. The van der Waals surface area contributed by atoms with Crippen LogP contribution >= 0.6 is 22.6 Å². The van der Waals surface area contributed by atoms with Crippen molar-refractivity contribution < 1.29 is 17.4 Å². The average Bonchev–Trinajstić information content (AvgIpc) is 2.38. The third-order valence-electron chi connectivity index (χ3n) is 2.81. The lowest BCUT2D eigenvalue weighted by molar-refractivity contribution is 0.463. The summed E-state index contributed by atoms with van der Waals surface area (Å²) in [6.07, 6.45) is 0. The van der Waals surface area contributed by atoms with Gasteiger partial charge < -0.3 is 4.55 Å². The lowest BCUT2D eigenvalue weighted by Crippen LogP contribution is -2.10. The Labute approximate surface area is 144 Å². The van der Waals surface area contributed by atoms with Crippen LogP contribution < -0.4 is 0 Å². The van der Waals surface area contributed by atoms with E-state index in [1.54, 1.807) is 0 Å². The van der Waals surface area contributed by atoms with E-state index < -0.39 is 20.8 Å². The lowest BCUT2D eigenvalue weighted by atomic mass is 9.87. The molecule has 3 nitrogen and oxygen atoms in total. The van der Waals surface area contributed by atoms with E-state index in [0.717, 1.165) is 24.3 Å². The van der Waals surface area contributed by atoms with E-state index in [1.807, 2.05) is 0 Å². The Morgan fingerprint density at radius 3 is 1.77 bits per heavy atom. The molecule has 0 fully saturated rings. The summed E-state index contributed by atoms with van der Waals surface area (Å²) in [4.78, 5) is -0.418. The van der Waals surface area contributed by atoms with Crippen LogP contribution in [0, 0.1) is 9.39 Å². The highest BCUT2D eigenvalue weighted by molar-refractivity contribution is 14.1. The molecule has 2 aromatic carbocycles. The lowest BCUT2D eigenvalue weighted by Gasteiger charge is -2.18. The molecule has 0 atom stereocenters. The zero-order valence-electron chi connectivity index (χ0n) is 12.5. The summed E-state index contributed by atoms with van der Waals surface area (Å²) in [5.41, 5.74) is 1.68. The molecule has 0 unspecified atom stereocenters. The second kappa shape index (κ2) is 7.52. The number of halogens is 2. The van der Waals surface area contributed by atoms with Crippen LogP contribution in [-0.4, -0.2) is 13.0 Å². The minimum Gasteiger partial charge on any atom is -0.744 e. The van der Waals surface area contributed by atoms with Crippen molar-refractivity contribution in [3.05, 3.63) is 63.5 Å². The van der Waals surface area contributed by atoms with Crippen molar-refractivity contribution in [1.29, 1.82) is 0 Å². The first-order chi connectivity index (χ1) is 10.00. The van der Waals surface area contributed by atoms with Crippen molar-refractivity contribution in [1.82, 2.24) is 0 Å². The molecule has 0 aliphatic carbocycles. The van der Waals surface area contributed by atoms with Gasteiger partial charge in [0.05, 0.1) is 4.90 Å². The highest BCUT2D eigenvalue weighted by Crippen LogP contribution is 2.22. The van der Waals surface area contributed by atoms with Crippen molar-refractivity contribution in [2.24, 2.45) is 0 Å². The van der Waals surface area contributed by atoms with E-state index in [1.165, 1.54) is 9.13 Å². The Hall–Kier alpha value is -0.990. The molecule has 0 aliphatic heterocycles. The first kappa shape index (κ1) is 19.1. The predicted octanol–water partition coefficient (Wildman–Crippen LogP) is 4.32. The van der Waals surface area contributed by atoms with Gasteiger partial charge in [0.25, 0.3) is 0 Å². The molecule has 120 valence electrons. The summed E-state index contributed by atoms with van der Waals surface area (Å²) in [7, 11) is -4.44. The van der Waals surface area contributed by atoms with Gasteiger partial charge in [-0.1, -0.05) is 32.9 Å². The Bertz CT molecular complexity index is 703. The molecule has 0 heterocycles. The van der Waals surface area contributed by atoms with Crippen LogP contribution in [-0.2, 0) is 15.5 Å². The molecule has 0 bridgehead atoms. The van der Waals surface area contributed by atoms with Gasteiger partial charge in [0.2, 0.25) is 0 Å². The molecular weight excluding hydrogens is 418 g/mol. The minimum absolute atomic E-state index is 0.282. The van der Waals surface area contributed by atoms with Gasteiger partial charge in [-0.2, -0.15) is 0 Å². The van der Waals surface area contributed by atoms with Gasteiger partial charge in [0, 0.05) is 3.57 Å². The molecule has 0 radical (unpaired) electrons. The van der Waals surface area contributed by atoms with Crippen molar-refractivity contribution in [2.75, 3.05) is 0 Å². The Morgan fingerprint density at radius 1 is 0.955 bits per heavy atom. The fourth-order valence-corrected chi connectivity index (χ4v) is 2.38. The van der Waals surface area contributed by atoms with Crippen LogP contribution in [0.25, 0.3) is 0 Å². The first-order valence-corrected chi connectivity index (χ1v) is 8.96. The standard InChI is InChI=1S/C10H13I.C6H5FO3S/c1-10(2,3)8-4-6-9(11)7-5-8;7-5-1-3-6(4-2-5)11(8,9)10/h4-7H,1-3H3;1-4H,(H,8,9,10)/p-1. The van der Waals surface area contributed by atoms with Crippen LogP contribution in [0.2, 0.25) is 0 Å². The summed E-state index contributed by atoms with van der Waals surface area (Å²) in [5, 5.41) is 0. The fourth-order valence-electron chi connectivity index (χ4n) is 1.55. The highest BCUT2D eigenvalue weighted by Gasteiger charge is 2.12. The van der Waals surface area contributed by atoms with Gasteiger partial charge in [0.1, 0.15) is 15.9 Å². The number of hydrogen-bond donors (Lipinski definition) is 0. The zero-order chi connectivity index (χ0) is 17.0. The van der Waals surface area contributed by atoms with E-state index in [2.05, 4.69) is 67.6 Å². The SMILES string of the molecule is CC(C)(C)c1ccc(I)cc1.O=S(=O)([O-])c1ccc(F)cc1. The number of benzene rings is 2. The normalized spacial score (nSPS) is 11.5. The van der Waals surface area contributed by atoms with Gasteiger partial charge in [-0.3, -0.25) is 0 Å². The first-order valence-electron chi connectivity index (χ1n) is 6.47. The summed E-state index contributed by atoms with van der Waals surface area (Å²) >= 11 is 2.32. The van der Waals surface area contributed by atoms with E-state index in [9.17, 15) is 17.4 Å². The van der Waals surface area contributed by atoms with Crippen molar-refractivity contribution in [2.45, 2.75) is 31.1 Å². The number of hydrogen-bond acceptors (Lipinski definition) is 3. The zero-order valence-corrected chi connectivity index (χ0v) is 15.5. The summed E-state index contributed by atoms with van der Waals surface area (Å²) < 4.78 is 44.3. The van der Waals surface area contributed by atoms with E-state index in [0.29, 0.717) is 0 Å². The van der Waals surface area contributed by atoms with Crippen LogP contribution in [0.5, 0.6) is 0 Å². The monoisotopic (exact) mass is 435 g/mol. The Kier molecular flexibility index (Phi) is 6.51. The second-order valence-electron chi connectivity index (χ2n) is 5.66. The van der Waals surface area contributed by atoms with Gasteiger partial charge >= 0.3 is 0 Å². The second-order valence-corrected chi connectivity index (χ2v) is 8.29. The van der Waals surface area contributed by atoms with Crippen LogP contribution in [0.1, 0.15) is 26.3 Å². The average molecular weight is 435 g/mol. The molecule has 2 rings (SSSR count). The van der Waals surface area contributed by atoms with Crippen LogP contribution in [0.3, 0.4) is 0 Å². The molecule has 0 saturated heterocycles. The molecule has 6 heteroatoms. The van der Waals surface area contributed by atoms with Gasteiger partial charge in [-0.25, -0.2) is 12.8 Å². The fraction of sp³-hybridized carbons (Fsp3) is 0.250. The summed E-state index contributed by atoms with van der Waals surface area (Å²) in [6.45, 7) is 6.69. The molecule has 0 aliphatic rings. The van der Waals surface area contributed by atoms with Crippen molar-refractivity contribution in [3.8, 4) is 0 Å². The van der Waals surface area contributed by atoms with Gasteiger partial charge in [-0.05, 0) is 70.0 Å². The molecule has 22 heavy (non-hydrogen) atoms. The molecule has 0 N–H and O–H groups in total. The van der Waals surface area contributed by atoms with Gasteiger partial charge in [0.15, 0.2) is 0 Å². The van der Waals surface area contributed by atoms with E-state index in [-0.39, 0.29) is 5.41 Å². The molecular formula is C16H17FIO3S-. The molecule has 0 saturated carbocycles. The maximum atomic E-state index is 12.2. The Balaban J connectivity index is 0.000000220. The van der Waals surface area contributed by atoms with E-state index in [4.69, 9.17) is 0 Å². The van der Waals surface area contributed by atoms with Crippen LogP contribution in [0.15, 0.2) is 53.4 Å². The Morgan fingerprint density at radius 2 is 1.41 bits per heavy atom. The quantitative estimate of drug-likeness (QED) is 0.495. The van der Waals surface area contributed by atoms with Crippen LogP contribution in [0.4, 0.5) is 4.39 Å². The largest absolute Gasteiger partial charge is 0.744 e. The number of rotatable bonds is 1. The predicted molar refractivity (Wildman–Crippen MR) is 92.2 cm³/mol. The van der Waals surface area contributed by atoms with Crippen molar-refractivity contribution in [3.63, 3.8) is 0 Å². The third kappa shape index (κ3) is 6.41. The topological polar surface area (TPSA) is 57.2 Å².